The van der Waals surface area contributed by atoms with E-state index in [1.165, 1.54) is 10.8 Å². The lowest BCUT2D eigenvalue weighted by Crippen LogP contribution is -2.04. The third-order valence-electron chi connectivity index (χ3n) is 8.05. The molecule has 0 N–H and O–H groups in total. The molecule has 7 nitrogen and oxygen atoms in total. The lowest BCUT2D eigenvalue weighted by atomic mass is 10.1. The van der Waals surface area contributed by atoms with Crippen LogP contribution in [0.1, 0.15) is 50.6 Å². The zero-order valence-electron chi connectivity index (χ0n) is 27.4. The van der Waals surface area contributed by atoms with Crippen molar-refractivity contribution >= 4 is 44.0 Å². The van der Waals surface area contributed by atoms with Gasteiger partial charge in [-0.05, 0) is 68.8 Å². The Hall–Kier alpha value is -5.74. The molecule has 0 amide bonds. The number of nitriles is 1. The molecule has 0 aliphatic carbocycles. The molecule has 0 fully saturated rings. The van der Waals surface area contributed by atoms with E-state index in [9.17, 15) is 5.26 Å². The zero-order valence-corrected chi connectivity index (χ0v) is 27.4. The molecule has 0 saturated heterocycles. The normalized spacial score (nSPS) is 10.9. The van der Waals surface area contributed by atoms with Gasteiger partial charge in [-0.25, -0.2) is 15.0 Å². The Labute approximate surface area is 269 Å². The van der Waals surface area contributed by atoms with Gasteiger partial charge in [-0.2, -0.15) is 5.26 Å². The molecular formula is C39H37N7. The van der Waals surface area contributed by atoms with E-state index in [-0.39, 0.29) is 0 Å². The van der Waals surface area contributed by atoms with E-state index in [1.54, 1.807) is 0 Å². The first kappa shape index (κ1) is 30.3. The number of para-hydroxylation sites is 3. The first-order valence-electron chi connectivity index (χ1n) is 15.9. The fraction of sp³-hybridized carbons (Fsp3) is 0.179. The van der Waals surface area contributed by atoms with Gasteiger partial charge in [0.2, 0.25) is 0 Å². The molecule has 8 rings (SSSR count). The van der Waals surface area contributed by atoms with Crippen molar-refractivity contribution in [2.75, 3.05) is 0 Å². The Balaban J connectivity index is 0.000000896. The summed E-state index contributed by atoms with van der Waals surface area (Å²) in [5, 5.41) is 13.3. The van der Waals surface area contributed by atoms with Crippen LogP contribution in [0.15, 0.2) is 97.1 Å². The van der Waals surface area contributed by atoms with Crippen molar-refractivity contribution in [1.29, 1.82) is 5.26 Å². The Morgan fingerprint density at radius 1 is 0.609 bits per heavy atom. The van der Waals surface area contributed by atoms with E-state index in [4.69, 9.17) is 9.97 Å². The summed E-state index contributed by atoms with van der Waals surface area (Å²) >= 11 is 0. The summed E-state index contributed by atoms with van der Waals surface area (Å²) in [6.45, 7) is 13.9. The molecule has 0 saturated carbocycles. The Morgan fingerprint density at radius 3 is 1.83 bits per heavy atom. The highest BCUT2D eigenvalue weighted by molar-refractivity contribution is 6.23. The third kappa shape index (κ3) is 4.62. The van der Waals surface area contributed by atoms with Gasteiger partial charge in [0.05, 0.1) is 16.7 Å². The summed E-state index contributed by atoms with van der Waals surface area (Å²) in [6, 6.07) is 36.4. The molecule has 0 aliphatic heterocycles. The van der Waals surface area contributed by atoms with Gasteiger partial charge in [-0.3, -0.25) is 13.7 Å². The van der Waals surface area contributed by atoms with Crippen LogP contribution in [0.25, 0.3) is 61.1 Å². The highest BCUT2D eigenvalue weighted by Gasteiger charge is 2.24. The lowest BCUT2D eigenvalue weighted by Gasteiger charge is -2.14. The van der Waals surface area contributed by atoms with Gasteiger partial charge in [0.25, 0.3) is 0 Å². The molecule has 4 aromatic heterocycles. The van der Waals surface area contributed by atoms with Crippen LogP contribution in [-0.4, -0.2) is 28.7 Å². The van der Waals surface area contributed by atoms with Crippen molar-refractivity contribution in [2.24, 2.45) is 0 Å². The van der Waals surface area contributed by atoms with Crippen molar-refractivity contribution in [1.82, 2.24) is 28.7 Å². The van der Waals surface area contributed by atoms with Crippen LogP contribution in [0.2, 0.25) is 0 Å². The molecule has 46 heavy (non-hydrogen) atoms. The summed E-state index contributed by atoms with van der Waals surface area (Å²) in [6.07, 6.45) is 0. The van der Waals surface area contributed by atoms with Crippen LogP contribution in [0, 0.1) is 32.1 Å². The Bertz CT molecular complexity index is 2390. The number of aryl methyl sites for hydroxylation is 3. The quantitative estimate of drug-likeness (QED) is 0.201. The standard InChI is InChI=1S/C35H25N7.2C2H6/c1-21-18-31-27(19-30(21)40-23(3)39-33-28(20-36)37-22(2)38-34(33)40)32-26-16-10-11-17-29(26)41(24-12-6-4-7-13-24)35(32)42(31)25-14-8-5-9-15-25;2*1-2/h4-19H,1-3H3;2*1-2H3. The van der Waals surface area contributed by atoms with Gasteiger partial charge in [0, 0.05) is 27.5 Å². The van der Waals surface area contributed by atoms with Crippen molar-refractivity contribution in [2.45, 2.75) is 48.5 Å². The fourth-order valence-electron chi connectivity index (χ4n) is 6.34. The van der Waals surface area contributed by atoms with Crippen LogP contribution in [-0.2, 0) is 0 Å². The third-order valence-corrected chi connectivity index (χ3v) is 8.05. The first-order valence-corrected chi connectivity index (χ1v) is 15.9. The van der Waals surface area contributed by atoms with E-state index in [0.717, 1.165) is 50.5 Å². The van der Waals surface area contributed by atoms with Crippen LogP contribution in [0.3, 0.4) is 0 Å². The molecule has 0 radical (unpaired) electrons. The Kier molecular flexibility index (Phi) is 8.12. The van der Waals surface area contributed by atoms with Crippen molar-refractivity contribution in [3.63, 3.8) is 0 Å². The molecule has 8 aromatic rings. The molecule has 0 spiro atoms. The van der Waals surface area contributed by atoms with Gasteiger partial charge in [-0.15, -0.1) is 0 Å². The predicted molar refractivity (Wildman–Crippen MR) is 189 cm³/mol. The highest BCUT2D eigenvalue weighted by atomic mass is 15.2. The maximum absolute atomic E-state index is 9.76. The molecule has 4 aromatic carbocycles. The van der Waals surface area contributed by atoms with Crippen molar-refractivity contribution < 1.29 is 0 Å². The number of hydrogen-bond acceptors (Lipinski definition) is 4. The number of imidazole rings is 1. The van der Waals surface area contributed by atoms with Gasteiger partial charge in [-0.1, -0.05) is 82.3 Å². The number of nitrogens with zero attached hydrogens (tertiary/aromatic N) is 7. The van der Waals surface area contributed by atoms with Gasteiger partial charge in [0.15, 0.2) is 11.3 Å². The summed E-state index contributed by atoms with van der Waals surface area (Å²) in [5.74, 6) is 1.30. The Morgan fingerprint density at radius 2 is 1.20 bits per heavy atom. The van der Waals surface area contributed by atoms with Gasteiger partial charge in [0.1, 0.15) is 28.9 Å². The molecule has 0 unspecified atom stereocenters. The highest BCUT2D eigenvalue weighted by Crippen LogP contribution is 2.42. The van der Waals surface area contributed by atoms with Crippen molar-refractivity contribution in [3.05, 3.63) is 120 Å². The SMILES string of the molecule is CC.CC.Cc1nc(C#N)c2nc(C)n(-c3cc4c5c6ccccc6n(-c6ccccc6)c5n(-c5ccccc5)c4cc3C)c2n1. The second-order valence-corrected chi connectivity index (χ2v) is 10.6. The maximum Gasteiger partial charge on any atom is 0.172 e. The number of benzene rings is 4. The molecule has 7 heteroatoms. The van der Waals surface area contributed by atoms with Crippen LogP contribution < -0.4 is 0 Å². The number of aromatic nitrogens is 6. The lowest BCUT2D eigenvalue weighted by molar-refractivity contribution is 0.966. The molecular weight excluding hydrogens is 566 g/mol. The minimum Gasteiger partial charge on any atom is -0.295 e. The molecule has 0 bridgehead atoms. The number of hydrogen-bond donors (Lipinski definition) is 0. The summed E-state index contributed by atoms with van der Waals surface area (Å²) in [4.78, 5) is 13.8. The van der Waals surface area contributed by atoms with E-state index < -0.39 is 0 Å². The van der Waals surface area contributed by atoms with E-state index in [0.29, 0.717) is 22.7 Å². The predicted octanol–water partition coefficient (Wildman–Crippen LogP) is 9.71. The van der Waals surface area contributed by atoms with Crippen molar-refractivity contribution in [3.8, 4) is 23.1 Å². The fourth-order valence-corrected chi connectivity index (χ4v) is 6.34. The van der Waals surface area contributed by atoms with Gasteiger partial charge < -0.3 is 0 Å². The number of rotatable bonds is 3. The van der Waals surface area contributed by atoms with E-state index in [1.807, 2.05) is 41.5 Å². The topological polar surface area (TPSA) is 77.2 Å². The summed E-state index contributed by atoms with van der Waals surface area (Å²) in [7, 11) is 0. The molecule has 0 atom stereocenters. The van der Waals surface area contributed by atoms with Crippen LogP contribution >= 0.6 is 0 Å². The van der Waals surface area contributed by atoms with Gasteiger partial charge >= 0.3 is 0 Å². The minimum absolute atomic E-state index is 0.293. The second-order valence-electron chi connectivity index (χ2n) is 10.6. The summed E-state index contributed by atoms with van der Waals surface area (Å²) < 4.78 is 6.79. The van der Waals surface area contributed by atoms with Crippen LogP contribution in [0.4, 0.5) is 0 Å². The average molecular weight is 604 g/mol. The molecule has 228 valence electrons. The van der Waals surface area contributed by atoms with Crippen LogP contribution in [0.5, 0.6) is 0 Å². The zero-order chi connectivity index (χ0) is 32.5. The monoisotopic (exact) mass is 603 g/mol. The first-order chi connectivity index (χ1) is 22.5. The molecule has 0 aliphatic rings. The number of fused-ring (bicyclic) bond motifs is 6. The smallest absolute Gasteiger partial charge is 0.172 e. The maximum atomic E-state index is 9.76. The van der Waals surface area contributed by atoms with E-state index in [2.05, 4.69) is 129 Å². The second kappa shape index (κ2) is 12.3. The minimum atomic E-state index is 0.293. The largest absolute Gasteiger partial charge is 0.295 e. The molecule has 4 heterocycles. The average Bonchev–Trinajstić information content (AvgIpc) is 3.72. The van der Waals surface area contributed by atoms with E-state index >= 15 is 0 Å². The summed E-state index contributed by atoms with van der Waals surface area (Å²) in [5.41, 5.74) is 9.09.